The molecule has 49 heavy (non-hydrogen) atoms. The van der Waals surface area contributed by atoms with Crippen molar-refractivity contribution in [2.75, 3.05) is 56.2 Å². The molecule has 2 unspecified atom stereocenters. The summed E-state index contributed by atoms with van der Waals surface area (Å²) in [6, 6.07) is 16.6. The number of anilines is 2. The van der Waals surface area contributed by atoms with Gasteiger partial charge in [-0.2, -0.15) is 15.2 Å². The lowest BCUT2D eigenvalue weighted by molar-refractivity contribution is -0.128. The van der Waals surface area contributed by atoms with Crippen molar-refractivity contribution in [1.29, 1.82) is 5.26 Å². The van der Waals surface area contributed by atoms with Gasteiger partial charge in [0.2, 0.25) is 5.91 Å². The first kappa shape index (κ1) is 34.0. The maximum atomic E-state index is 13.1. The number of carbonyl (C=O) groups excluding carboxylic acids is 2. The molecule has 0 bridgehead atoms. The molecule has 2 fully saturated rings. The Kier molecular flexibility index (Phi) is 9.92. The van der Waals surface area contributed by atoms with Gasteiger partial charge in [-0.05, 0) is 51.1 Å². The first-order valence-electron chi connectivity index (χ1n) is 16.9. The predicted molar refractivity (Wildman–Crippen MR) is 187 cm³/mol. The normalized spacial score (nSPS) is 20.9. The number of ether oxygens (including phenoxy) is 3. The summed E-state index contributed by atoms with van der Waals surface area (Å²) in [5.74, 6) is 0.580. The highest BCUT2D eigenvalue weighted by Gasteiger charge is 2.39. The van der Waals surface area contributed by atoms with Gasteiger partial charge in [-0.15, -0.1) is 0 Å². The van der Waals surface area contributed by atoms with E-state index in [-0.39, 0.29) is 43.1 Å². The van der Waals surface area contributed by atoms with Gasteiger partial charge in [-0.1, -0.05) is 43.0 Å². The Morgan fingerprint density at radius 1 is 1.02 bits per heavy atom. The first-order chi connectivity index (χ1) is 23.6. The number of nitrogens with zero attached hydrogens (tertiary/aromatic N) is 7. The molecule has 2 amide bonds. The number of methoxy groups -OCH3 is 1. The number of fused-ring (bicyclic) bond motifs is 2. The zero-order valence-electron chi connectivity index (χ0n) is 28.8. The topological polar surface area (TPSA) is 124 Å². The summed E-state index contributed by atoms with van der Waals surface area (Å²) in [5.41, 5.74) is 2.41. The van der Waals surface area contributed by atoms with Crippen molar-refractivity contribution in [3.63, 3.8) is 0 Å². The number of benzene rings is 2. The maximum absolute atomic E-state index is 13.1. The van der Waals surface area contributed by atoms with Crippen LogP contribution in [0.1, 0.15) is 44.9 Å². The molecule has 0 saturated carbocycles. The van der Waals surface area contributed by atoms with Crippen LogP contribution in [0.5, 0.6) is 6.01 Å². The number of amides is 2. The average molecular weight is 668 g/mol. The van der Waals surface area contributed by atoms with Gasteiger partial charge in [0, 0.05) is 49.9 Å². The number of rotatable bonds is 8. The lowest BCUT2D eigenvalue weighted by atomic mass is 10.0. The van der Waals surface area contributed by atoms with Gasteiger partial charge in [0.25, 0.3) is 0 Å². The Morgan fingerprint density at radius 3 is 2.57 bits per heavy atom. The minimum Gasteiger partial charge on any atom is -0.461 e. The molecule has 258 valence electrons. The van der Waals surface area contributed by atoms with Gasteiger partial charge in [0.15, 0.2) is 0 Å². The van der Waals surface area contributed by atoms with Crippen LogP contribution in [-0.4, -0.2) is 102 Å². The van der Waals surface area contributed by atoms with Gasteiger partial charge >= 0.3 is 12.1 Å². The van der Waals surface area contributed by atoms with Gasteiger partial charge in [0.05, 0.1) is 49.5 Å². The summed E-state index contributed by atoms with van der Waals surface area (Å²) < 4.78 is 17.7. The van der Waals surface area contributed by atoms with Crippen molar-refractivity contribution in [2.45, 2.75) is 70.4 Å². The molecule has 1 aromatic heterocycles. The molecule has 2 aromatic carbocycles. The van der Waals surface area contributed by atoms with Gasteiger partial charge in [-0.3, -0.25) is 9.69 Å². The van der Waals surface area contributed by atoms with Crippen LogP contribution < -0.4 is 14.5 Å². The number of hydrogen-bond acceptors (Lipinski definition) is 10. The third-order valence-corrected chi connectivity index (χ3v) is 9.44. The predicted octanol–water partition coefficient (Wildman–Crippen LogP) is 4.71. The zero-order valence-corrected chi connectivity index (χ0v) is 28.8. The Bertz CT molecular complexity index is 1750. The van der Waals surface area contributed by atoms with E-state index in [4.69, 9.17) is 24.2 Å². The quantitative estimate of drug-likeness (QED) is 0.312. The highest BCUT2D eigenvalue weighted by Crippen LogP contribution is 2.35. The molecule has 2 saturated heterocycles. The van der Waals surface area contributed by atoms with Crippen LogP contribution in [0.3, 0.4) is 0 Å². The minimum atomic E-state index is -0.635. The number of piperazine rings is 1. The van der Waals surface area contributed by atoms with E-state index in [9.17, 15) is 14.9 Å². The molecule has 0 spiro atoms. The van der Waals surface area contributed by atoms with Crippen molar-refractivity contribution in [1.82, 2.24) is 19.8 Å². The summed E-state index contributed by atoms with van der Waals surface area (Å²) in [7, 11) is 1.64. The highest BCUT2D eigenvalue weighted by atomic mass is 16.6. The largest absolute Gasteiger partial charge is 0.461 e. The summed E-state index contributed by atoms with van der Waals surface area (Å²) in [4.78, 5) is 43.6. The van der Waals surface area contributed by atoms with E-state index in [1.807, 2.05) is 26.8 Å². The van der Waals surface area contributed by atoms with E-state index >= 15 is 0 Å². The van der Waals surface area contributed by atoms with Crippen LogP contribution in [0.2, 0.25) is 0 Å². The first-order valence-corrected chi connectivity index (χ1v) is 16.9. The third kappa shape index (κ3) is 7.42. The third-order valence-electron chi connectivity index (χ3n) is 9.44. The fourth-order valence-corrected chi connectivity index (χ4v) is 7.06. The molecule has 3 atom stereocenters. The van der Waals surface area contributed by atoms with Crippen LogP contribution in [0.15, 0.2) is 55.1 Å². The molecule has 0 radical (unpaired) electrons. The summed E-state index contributed by atoms with van der Waals surface area (Å²) in [6.45, 7) is 12.5. The Balaban J connectivity index is 1.31. The van der Waals surface area contributed by atoms with Crippen molar-refractivity contribution in [3.05, 3.63) is 66.4 Å². The smallest absolute Gasteiger partial charge is 0.410 e. The van der Waals surface area contributed by atoms with Crippen molar-refractivity contribution >= 4 is 34.3 Å². The fraction of sp³-hybridized carbons (Fsp3) is 0.486. The van der Waals surface area contributed by atoms with Crippen LogP contribution in [-0.2, 0) is 27.2 Å². The monoisotopic (exact) mass is 667 g/mol. The molecule has 12 heteroatoms. The summed E-state index contributed by atoms with van der Waals surface area (Å²) >= 11 is 0. The number of hydrogen-bond donors (Lipinski definition) is 0. The van der Waals surface area contributed by atoms with E-state index in [0.717, 1.165) is 29.3 Å². The molecule has 4 heterocycles. The Morgan fingerprint density at radius 2 is 1.82 bits per heavy atom. The Labute approximate surface area is 287 Å². The molecule has 6 rings (SSSR count). The molecule has 3 aliphatic heterocycles. The highest BCUT2D eigenvalue weighted by molar-refractivity contribution is 5.94. The van der Waals surface area contributed by atoms with E-state index < -0.39 is 11.7 Å². The second kappa shape index (κ2) is 14.3. The van der Waals surface area contributed by atoms with Crippen LogP contribution >= 0.6 is 0 Å². The maximum Gasteiger partial charge on any atom is 0.410 e. The van der Waals surface area contributed by atoms with Crippen LogP contribution in [0.25, 0.3) is 10.8 Å². The average Bonchev–Trinajstić information content (AvgIpc) is 3.53. The van der Waals surface area contributed by atoms with Crippen molar-refractivity contribution in [3.8, 4) is 12.1 Å². The lowest BCUT2D eigenvalue weighted by Gasteiger charge is -2.42. The van der Waals surface area contributed by atoms with E-state index in [1.165, 1.54) is 16.8 Å². The van der Waals surface area contributed by atoms with Gasteiger partial charge < -0.3 is 28.9 Å². The number of aromatic nitrogens is 2. The summed E-state index contributed by atoms with van der Waals surface area (Å²) in [5, 5.41) is 12.0. The van der Waals surface area contributed by atoms with E-state index in [1.54, 1.807) is 16.9 Å². The van der Waals surface area contributed by atoms with Gasteiger partial charge in [0.1, 0.15) is 18.0 Å². The molecule has 3 aliphatic rings. The van der Waals surface area contributed by atoms with Crippen LogP contribution in [0, 0.1) is 11.3 Å². The van der Waals surface area contributed by atoms with Crippen molar-refractivity contribution in [2.24, 2.45) is 0 Å². The number of carbonyl (C=O) groups is 2. The summed E-state index contributed by atoms with van der Waals surface area (Å²) in [6.07, 6.45) is 2.27. The lowest BCUT2D eigenvalue weighted by Crippen LogP contribution is -2.55. The zero-order chi connectivity index (χ0) is 34.7. The van der Waals surface area contributed by atoms with Crippen LogP contribution in [0.4, 0.5) is 16.3 Å². The van der Waals surface area contributed by atoms with Crippen molar-refractivity contribution < 1.29 is 23.8 Å². The SMILES string of the molecule is C=CC(=O)N1CCN(c2nc(OC[C@H]3CC(OC)CN3C(=O)OC(C)(C)C)nc3c2CCN(c2cccc4ccccc24)C3)CC1CC#N. The molecular formula is C37H45N7O5. The molecule has 0 N–H and O–H groups in total. The molecule has 12 nitrogen and oxygen atoms in total. The molecular weight excluding hydrogens is 622 g/mol. The number of nitriles is 1. The number of likely N-dealkylation sites (tertiary alicyclic amines) is 1. The molecule has 3 aromatic rings. The molecule has 0 aliphatic carbocycles. The van der Waals surface area contributed by atoms with E-state index in [0.29, 0.717) is 45.6 Å². The second-order valence-corrected chi connectivity index (χ2v) is 13.8. The second-order valence-electron chi connectivity index (χ2n) is 13.8. The van der Waals surface area contributed by atoms with E-state index in [2.05, 4.69) is 58.8 Å². The fourth-order valence-electron chi connectivity index (χ4n) is 7.06. The van der Waals surface area contributed by atoms with Gasteiger partial charge in [-0.25, -0.2) is 4.79 Å². The Hall–Kier alpha value is -4.89. The standard InChI is InChI=1S/C37H45N7O5/c1-6-33(45)43-19-18-42(21-26(43)14-16-38)34-30-15-17-41(32-13-9-11-25-10-7-8-12-29(25)32)23-31(30)39-35(40-34)48-24-27-20-28(47-5)22-44(27)36(46)49-37(2,3)4/h6-13,26-28H,1,14-15,17-24H2,2-5H3/t26?,27-,28?/m1/s1. The minimum absolute atomic E-state index is 0.137.